The second-order valence-corrected chi connectivity index (χ2v) is 4.88. The summed E-state index contributed by atoms with van der Waals surface area (Å²) < 4.78 is 10.8. The minimum Gasteiger partial charge on any atom is -0.477 e. The number of hydrogen-bond donors (Lipinski definition) is 1. The molecule has 1 N–H and O–H groups in total. The maximum absolute atomic E-state index is 11.2. The van der Waals surface area contributed by atoms with Crippen LogP contribution in [-0.2, 0) is 4.74 Å². The number of carbonyl (C=O) groups is 1. The average Bonchev–Trinajstić information content (AvgIpc) is 2.26. The molecular formula is C14H21NO4. The third-order valence-corrected chi connectivity index (χ3v) is 2.44. The molecule has 0 amide bonds. The van der Waals surface area contributed by atoms with Crippen molar-refractivity contribution in [3.63, 3.8) is 0 Å². The van der Waals surface area contributed by atoms with Gasteiger partial charge in [-0.15, -0.1) is 0 Å². The lowest BCUT2D eigenvalue weighted by atomic mass is 10.1. The molecule has 5 nitrogen and oxygen atoms in total. The fraction of sp³-hybridized carbons (Fsp3) is 0.571. The van der Waals surface area contributed by atoms with Crippen LogP contribution in [0.3, 0.4) is 0 Å². The van der Waals surface area contributed by atoms with Gasteiger partial charge in [0, 0.05) is 12.3 Å². The summed E-state index contributed by atoms with van der Waals surface area (Å²) in [5, 5.41) is 9.16. The normalized spacial score (nSPS) is 10.8. The van der Waals surface area contributed by atoms with E-state index in [0.717, 1.165) is 5.69 Å². The van der Waals surface area contributed by atoms with E-state index in [-0.39, 0.29) is 11.4 Å². The molecule has 0 aliphatic heterocycles. The Morgan fingerprint density at radius 3 is 2.63 bits per heavy atom. The fourth-order valence-corrected chi connectivity index (χ4v) is 1.68. The van der Waals surface area contributed by atoms with Crippen molar-refractivity contribution in [2.45, 2.75) is 27.7 Å². The lowest BCUT2D eigenvalue weighted by molar-refractivity contribution is 0.0672. The quantitative estimate of drug-likeness (QED) is 0.768. The lowest BCUT2D eigenvalue weighted by Crippen LogP contribution is -2.14. The highest BCUT2D eigenvalue weighted by molar-refractivity contribution is 5.91. The lowest BCUT2D eigenvalue weighted by Gasteiger charge is -2.12. The van der Waals surface area contributed by atoms with Crippen LogP contribution in [0, 0.1) is 19.8 Å². The number of ether oxygens (including phenoxy) is 2. The minimum atomic E-state index is -1.02. The van der Waals surface area contributed by atoms with Crippen LogP contribution in [0.1, 0.15) is 35.5 Å². The van der Waals surface area contributed by atoms with Crippen LogP contribution in [0.4, 0.5) is 0 Å². The maximum atomic E-state index is 11.2. The molecule has 0 atom stereocenters. The van der Waals surface area contributed by atoms with Crippen LogP contribution < -0.4 is 4.74 Å². The second-order valence-electron chi connectivity index (χ2n) is 4.88. The van der Waals surface area contributed by atoms with Crippen molar-refractivity contribution in [2.24, 2.45) is 5.92 Å². The van der Waals surface area contributed by atoms with E-state index in [0.29, 0.717) is 31.3 Å². The Morgan fingerprint density at radius 2 is 2.05 bits per heavy atom. The summed E-state index contributed by atoms with van der Waals surface area (Å²) in [6, 6.07) is 1.73. The van der Waals surface area contributed by atoms with E-state index >= 15 is 0 Å². The molecule has 0 aliphatic carbocycles. The summed E-state index contributed by atoms with van der Waals surface area (Å²) in [6.45, 7) is 9.05. The van der Waals surface area contributed by atoms with Crippen molar-refractivity contribution in [3.8, 4) is 5.88 Å². The summed E-state index contributed by atoms with van der Waals surface area (Å²) in [4.78, 5) is 15.3. The molecular weight excluding hydrogens is 246 g/mol. The van der Waals surface area contributed by atoms with Crippen molar-refractivity contribution in [2.75, 3.05) is 19.8 Å². The van der Waals surface area contributed by atoms with Crippen molar-refractivity contribution in [1.29, 1.82) is 0 Å². The smallest absolute Gasteiger partial charge is 0.341 e. The van der Waals surface area contributed by atoms with Crippen molar-refractivity contribution >= 4 is 5.97 Å². The van der Waals surface area contributed by atoms with Crippen LogP contribution in [0.5, 0.6) is 5.88 Å². The number of carboxylic acids is 1. The van der Waals surface area contributed by atoms with Crippen LogP contribution >= 0.6 is 0 Å². The predicted molar refractivity (Wildman–Crippen MR) is 71.8 cm³/mol. The van der Waals surface area contributed by atoms with Gasteiger partial charge in [-0.05, 0) is 31.4 Å². The Morgan fingerprint density at radius 1 is 1.37 bits per heavy atom. The Kier molecular flexibility index (Phi) is 5.76. The first-order valence-corrected chi connectivity index (χ1v) is 6.34. The monoisotopic (exact) mass is 267 g/mol. The van der Waals surface area contributed by atoms with E-state index in [1.54, 1.807) is 19.9 Å². The highest BCUT2D eigenvalue weighted by Gasteiger charge is 2.16. The van der Waals surface area contributed by atoms with Gasteiger partial charge in [0.25, 0.3) is 0 Å². The minimum absolute atomic E-state index is 0.120. The third kappa shape index (κ3) is 4.87. The fourth-order valence-electron chi connectivity index (χ4n) is 1.68. The molecule has 0 aliphatic rings. The highest BCUT2D eigenvalue weighted by Crippen LogP contribution is 2.20. The number of aromatic carboxylic acids is 1. The summed E-state index contributed by atoms with van der Waals surface area (Å²) in [6.07, 6.45) is 0. The summed E-state index contributed by atoms with van der Waals surface area (Å²) in [5.74, 6) is -0.393. The zero-order valence-corrected chi connectivity index (χ0v) is 11.9. The van der Waals surface area contributed by atoms with Crippen molar-refractivity contribution in [1.82, 2.24) is 4.98 Å². The zero-order chi connectivity index (χ0) is 14.4. The van der Waals surface area contributed by atoms with E-state index in [1.165, 1.54) is 0 Å². The molecule has 0 saturated carbocycles. The van der Waals surface area contributed by atoms with E-state index in [9.17, 15) is 4.79 Å². The maximum Gasteiger partial charge on any atom is 0.341 e. The van der Waals surface area contributed by atoms with Gasteiger partial charge in [-0.1, -0.05) is 13.8 Å². The molecule has 0 saturated heterocycles. The number of aryl methyl sites for hydroxylation is 2. The molecule has 0 bridgehead atoms. The first kappa shape index (κ1) is 15.4. The Bertz CT molecular complexity index is 443. The summed E-state index contributed by atoms with van der Waals surface area (Å²) >= 11 is 0. The highest BCUT2D eigenvalue weighted by atomic mass is 16.5. The number of carboxylic acid groups (broad SMARTS) is 1. The van der Waals surface area contributed by atoms with Gasteiger partial charge in [0.1, 0.15) is 12.2 Å². The molecule has 1 aromatic heterocycles. The number of hydrogen-bond acceptors (Lipinski definition) is 4. The van der Waals surface area contributed by atoms with E-state index in [4.69, 9.17) is 14.6 Å². The molecule has 19 heavy (non-hydrogen) atoms. The second kappa shape index (κ2) is 7.09. The van der Waals surface area contributed by atoms with Crippen molar-refractivity contribution < 1.29 is 19.4 Å². The van der Waals surface area contributed by atoms with Crippen LogP contribution in [0.15, 0.2) is 6.07 Å². The standard InChI is InChI=1S/C14H21NO4/c1-9(2)8-18-5-6-19-13-12(14(16)17)10(3)7-11(4)15-13/h7,9H,5-6,8H2,1-4H3,(H,16,17). The Hall–Kier alpha value is -1.62. The molecule has 0 spiro atoms. The zero-order valence-electron chi connectivity index (χ0n) is 11.9. The van der Waals surface area contributed by atoms with Gasteiger partial charge in [-0.3, -0.25) is 0 Å². The van der Waals surface area contributed by atoms with Crippen molar-refractivity contribution in [3.05, 3.63) is 22.9 Å². The van der Waals surface area contributed by atoms with Gasteiger partial charge in [-0.25, -0.2) is 9.78 Å². The van der Waals surface area contributed by atoms with Gasteiger partial charge < -0.3 is 14.6 Å². The van der Waals surface area contributed by atoms with E-state index < -0.39 is 5.97 Å². The molecule has 1 rings (SSSR count). The number of nitrogens with zero attached hydrogens (tertiary/aromatic N) is 1. The molecule has 0 unspecified atom stereocenters. The van der Waals surface area contributed by atoms with Gasteiger partial charge in [0.2, 0.25) is 5.88 Å². The largest absolute Gasteiger partial charge is 0.477 e. The molecule has 5 heteroatoms. The topological polar surface area (TPSA) is 68.7 Å². The van der Waals surface area contributed by atoms with E-state index in [1.807, 2.05) is 0 Å². The predicted octanol–water partition coefficient (Wildman–Crippen LogP) is 2.45. The first-order valence-electron chi connectivity index (χ1n) is 6.34. The number of aromatic nitrogens is 1. The molecule has 0 aromatic carbocycles. The molecule has 0 radical (unpaired) electrons. The molecule has 1 aromatic rings. The number of rotatable bonds is 7. The first-order chi connectivity index (χ1) is 8.91. The average molecular weight is 267 g/mol. The van der Waals surface area contributed by atoms with Gasteiger partial charge in [-0.2, -0.15) is 0 Å². The summed E-state index contributed by atoms with van der Waals surface area (Å²) in [5.41, 5.74) is 1.51. The molecule has 0 fully saturated rings. The van der Waals surface area contributed by atoms with Gasteiger partial charge >= 0.3 is 5.97 Å². The summed E-state index contributed by atoms with van der Waals surface area (Å²) in [7, 11) is 0. The van der Waals surface area contributed by atoms with Crippen LogP contribution in [0.2, 0.25) is 0 Å². The SMILES string of the molecule is Cc1cc(C)c(C(=O)O)c(OCCOCC(C)C)n1. The molecule has 1 heterocycles. The van der Waals surface area contributed by atoms with Gasteiger partial charge in [0.05, 0.1) is 6.61 Å². The van der Waals surface area contributed by atoms with E-state index in [2.05, 4.69) is 18.8 Å². The Balaban J connectivity index is 2.64. The van der Waals surface area contributed by atoms with Crippen LogP contribution in [-0.4, -0.2) is 35.9 Å². The third-order valence-electron chi connectivity index (χ3n) is 2.44. The number of pyridine rings is 1. The van der Waals surface area contributed by atoms with Gasteiger partial charge in [0.15, 0.2) is 0 Å². The molecule has 106 valence electrons. The van der Waals surface area contributed by atoms with Crippen LogP contribution in [0.25, 0.3) is 0 Å². The Labute approximate surface area is 113 Å².